The number of nitrogens with one attached hydrogen (secondary N) is 1. The van der Waals surface area contributed by atoms with E-state index in [1.807, 2.05) is 31.2 Å². The molecule has 0 saturated heterocycles. The summed E-state index contributed by atoms with van der Waals surface area (Å²) in [5.41, 5.74) is 1.98. The van der Waals surface area contributed by atoms with Crippen molar-refractivity contribution < 1.29 is 18.0 Å². The summed E-state index contributed by atoms with van der Waals surface area (Å²) in [4.78, 5) is 28.8. The van der Waals surface area contributed by atoms with Gasteiger partial charge in [-0.1, -0.05) is 76.3 Å². The molecule has 0 aromatic heterocycles. The van der Waals surface area contributed by atoms with Crippen molar-refractivity contribution in [3.8, 4) is 0 Å². The van der Waals surface area contributed by atoms with E-state index in [0.29, 0.717) is 5.02 Å². The Balaban J connectivity index is 1.68. The summed E-state index contributed by atoms with van der Waals surface area (Å²) in [6.45, 7) is 3.18. The molecule has 1 saturated carbocycles. The topological polar surface area (TPSA) is 86.8 Å². The number of hydrogen-bond donors (Lipinski definition) is 1. The molecule has 0 bridgehead atoms. The van der Waals surface area contributed by atoms with Gasteiger partial charge in [0.25, 0.3) is 10.0 Å². The lowest BCUT2D eigenvalue weighted by Crippen LogP contribution is -2.52. The summed E-state index contributed by atoms with van der Waals surface area (Å²) in [5.74, 6) is -0.763. The summed E-state index contributed by atoms with van der Waals surface area (Å²) < 4.78 is 29.7. The van der Waals surface area contributed by atoms with Gasteiger partial charge in [-0.3, -0.25) is 13.9 Å². The van der Waals surface area contributed by atoms with Crippen molar-refractivity contribution in [2.75, 3.05) is 10.8 Å². The second-order valence-corrected chi connectivity index (χ2v) is 13.3. The van der Waals surface area contributed by atoms with Crippen molar-refractivity contribution in [2.24, 2.45) is 0 Å². The van der Waals surface area contributed by atoms with Gasteiger partial charge in [0.15, 0.2) is 0 Å². The Morgan fingerprint density at radius 2 is 1.68 bits per heavy atom. The lowest BCUT2D eigenvalue weighted by Gasteiger charge is -2.32. The van der Waals surface area contributed by atoms with Gasteiger partial charge in [-0.25, -0.2) is 8.42 Å². The predicted molar refractivity (Wildman–Crippen MR) is 162 cm³/mol. The van der Waals surface area contributed by atoms with E-state index < -0.39 is 28.5 Å². The first-order chi connectivity index (χ1) is 19.0. The van der Waals surface area contributed by atoms with Crippen LogP contribution in [0.1, 0.15) is 43.7 Å². The van der Waals surface area contributed by atoms with E-state index in [1.54, 1.807) is 37.3 Å². The highest BCUT2D eigenvalue weighted by Gasteiger charge is 2.33. The second-order valence-electron chi connectivity index (χ2n) is 10.1. The van der Waals surface area contributed by atoms with Crippen molar-refractivity contribution in [3.63, 3.8) is 0 Å². The minimum Gasteiger partial charge on any atom is -0.352 e. The molecule has 212 valence electrons. The maximum Gasteiger partial charge on any atom is 0.264 e. The van der Waals surface area contributed by atoms with Crippen LogP contribution in [0.15, 0.2) is 82.2 Å². The average Bonchev–Trinajstić information content (AvgIpc) is 3.44. The lowest BCUT2D eigenvalue weighted by molar-refractivity contribution is -0.139. The van der Waals surface area contributed by atoms with E-state index in [4.69, 9.17) is 11.6 Å². The van der Waals surface area contributed by atoms with Crippen molar-refractivity contribution in [2.45, 2.75) is 63.1 Å². The minimum atomic E-state index is -4.14. The van der Waals surface area contributed by atoms with Gasteiger partial charge in [0.05, 0.1) is 10.6 Å². The maximum absolute atomic E-state index is 14.0. The molecule has 1 aliphatic rings. The number of halogens is 2. The van der Waals surface area contributed by atoms with Crippen LogP contribution in [0, 0.1) is 6.92 Å². The molecule has 3 aromatic rings. The fourth-order valence-corrected chi connectivity index (χ4v) is 6.61. The molecule has 2 amide bonds. The smallest absolute Gasteiger partial charge is 0.264 e. The highest BCUT2D eigenvalue weighted by molar-refractivity contribution is 9.10. The quantitative estimate of drug-likeness (QED) is 0.289. The fourth-order valence-electron chi connectivity index (χ4n) is 4.76. The Morgan fingerprint density at radius 3 is 2.30 bits per heavy atom. The first kappa shape index (κ1) is 30.1. The number of nitrogens with zero attached hydrogens (tertiary/aromatic N) is 2. The van der Waals surface area contributed by atoms with E-state index in [0.717, 1.165) is 45.6 Å². The predicted octanol–water partition coefficient (Wildman–Crippen LogP) is 6.08. The molecule has 0 aliphatic heterocycles. The van der Waals surface area contributed by atoms with Crippen molar-refractivity contribution >= 4 is 55.1 Å². The van der Waals surface area contributed by atoms with Crippen LogP contribution in [-0.4, -0.2) is 43.8 Å². The van der Waals surface area contributed by atoms with E-state index in [2.05, 4.69) is 21.2 Å². The highest BCUT2D eigenvalue weighted by atomic mass is 79.9. The van der Waals surface area contributed by atoms with Gasteiger partial charge in [-0.15, -0.1) is 0 Å². The third-order valence-electron chi connectivity index (χ3n) is 7.12. The monoisotopic (exact) mass is 645 g/mol. The number of carbonyl (C=O) groups excluding carboxylic acids is 2. The first-order valence-electron chi connectivity index (χ1n) is 13.2. The third-order valence-corrected chi connectivity index (χ3v) is 9.67. The molecule has 40 heavy (non-hydrogen) atoms. The number of anilines is 1. The van der Waals surface area contributed by atoms with Gasteiger partial charge >= 0.3 is 0 Å². The molecule has 1 atom stereocenters. The number of sulfonamides is 1. The number of aryl methyl sites for hydroxylation is 1. The van der Waals surface area contributed by atoms with E-state index in [-0.39, 0.29) is 29.1 Å². The third kappa shape index (κ3) is 7.44. The van der Waals surface area contributed by atoms with Gasteiger partial charge in [0.1, 0.15) is 12.6 Å². The molecule has 7 nitrogen and oxygen atoms in total. The van der Waals surface area contributed by atoms with Crippen molar-refractivity contribution in [1.29, 1.82) is 0 Å². The first-order valence-corrected chi connectivity index (χ1v) is 15.8. The highest BCUT2D eigenvalue weighted by Crippen LogP contribution is 2.27. The Bertz CT molecular complexity index is 1440. The summed E-state index contributed by atoms with van der Waals surface area (Å²) in [5, 5.41) is 3.41. The van der Waals surface area contributed by atoms with E-state index in [9.17, 15) is 18.0 Å². The fraction of sp³-hybridized carbons (Fsp3) is 0.333. The summed E-state index contributed by atoms with van der Waals surface area (Å²) >= 11 is 9.65. The summed E-state index contributed by atoms with van der Waals surface area (Å²) in [6, 6.07) is 19.6. The van der Waals surface area contributed by atoms with Gasteiger partial charge in [-0.2, -0.15) is 0 Å². The molecule has 1 fully saturated rings. The molecular formula is C30H33BrClN3O4S. The van der Waals surface area contributed by atoms with Crippen LogP contribution in [0.5, 0.6) is 0 Å². The van der Waals surface area contributed by atoms with E-state index >= 15 is 0 Å². The molecule has 0 spiro atoms. The lowest BCUT2D eigenvalue weighted by atomic mass is 10.1. The standard InChI is InChI=1S/C30H33BrClN3O4S/c1-21-10-16-28(17-11-21)40(38,39)35(27-9-5-6-25(32)18-27)20-29(36)34(19-23-12-14-24(31)15-13-23)22(2)30(37)33-26-7-3-4-8-26/h5-6,9-18,22,26H,3-4,7-8,19-20H2,1-2H3,(H,33,37)/t22-/m1/s1. The van der Waals surface area contributed by atoms with Crippen molar-refractivity contribution in [3.05, 3.63) is 93.4 Å². The molecule has 10 heteroatoms. The molecule has 0 unspecified atom stereocenters. The van der Waals surface area contributed by atoms with Crippen LogP contribution in [0.3, 0.4) is 0 Å². The number of benzene rings is 3. The van der Waals surface area contributed by atoms with Crippen LogP contribution in [-0.2, 0) is 26.2 Å². The Morgan fingerprint density at radius 1 is 1.02 bits per heavy atom. The zero-order chi connectivity index (χ0) is 28.9. The molecule has 0 heterocycles. The number of carbonyl (C=O) groups is 2. The second kappa shape index (κ2) is 13.2. The molecule has 1 aliphatic carbocycles. The van der Waals surface area contributed by atoms with Crippen LogP contribution >= 0.6 is 27.5 Å². The summed E-state index contributed by atoms with van der Waals surface area (Å²) in [6.07, 6.45) is 3.95. The number of amides is 2. The number of rotatable bonds is 10. The van der Waals surface area contributed by atoms with Crippen LogP contribution in [0.2, 0.25) is 5.02 Å². The van der Waals surface area contributed by atoms with Gasteiger partial charge in [-0.05, 0) is 74.7 Å². The molecule has 1 N–H and O–H groups in total. The van der Waals surface area contributed by atoms with E-state index in [1.165, 1.54) is 23.1 Å². The molecule has 0 radical (unpaired) electrons. The Labute approximate surface area is 249 Å². The van der Waals surface area contributed by atoms with Crippen LogP contribution < -0.4 is 9.62 Å². The zero-order valence-corrected chi connectivity index (χ0v) is 25.7. The van der Waals surface area contributed by atoms with Crippen molar-refractivity contribution in [1.82, 2.24) is 10.2 Å². The van der Waals surface area contributed by atoms with Gasteiger partial charge in [0, 0.05) is 22.1 Å². The Hall–Kier alpha value is -2.88. The summed E-state index contributed by atoms with van der Waals surface area (Å²) in [7, 11) is -4.14. The molecule has 4 rings (SSSR count). The largest absolute Gasteiger partial charge is 0.352 e. The average molecular weight is 647 g/mol. The van der Waals surface area contributed by atoms with Crippen LogP contribution in [0.25, 0.3) is 0 Å². The van der Waals surface area contributed by atoms with Gasteiger partial charge in [0.2, 0.25) is 11.8 Å². The zero-order valence-electron chi connectivity index (χ0n) is 22.5. The van der Waals surface area contributed by atoms with Crippen LogP contribution in [0.4, 0.5) is 5.69 Å². The molecule has 3 aromatic carbocycles. The maximum atomic E-state index is 14.0. The normalized spacial score (nSPS) is 14.5. The van der Waals surface area contributed by atoms with Gasteiger partial charge < -0.3 is 10.2 Å². The minimum absolute atomic E-state index is 0.0531. The SMILES string of the molecule is Cc1ccc(S(=O)(=O)N(CC(=O)N(Cc2ccc(Br)cc2)[C@H](C)C(=O)NC2CCCC2)c2cccc(Cl)c2)cc1. The number of hydrogen-bond acceptors (Lipinski definition) is 4. The molecular weight excluding hydrogens is 614 g/mol. The Kier molecular flexibility index (Phi) is 9.92.